The second kappa shape index (κ2) is 9.06. The number of ether oxygens (including phenoxy) is 2. The number of fused-ring (bicyclic) bond motifs is 2. The lowest BCUT2D eigenvalue weighted by Gasteiger charge is -2.13. The number of nitrogens with zero attached hydrogens (tertiary/aromatic N) is 2. The van der Waals surface area contributed by atoms with Crippen molar-refractivity contribution in [1.29, 1.82) is 5.26 Å². The molecular formula is C23H23N5O2S. The van der Waals surface area contributed by atoms with Crippen LogP contribution in [-0.4, -0.2) is 30.0 Å². The molecule has 0 amide bonds. The van der Waals surface area contributed by atoms with E-state index in [9.17, 15) is 5.26 Å². The molecule has 7 nitrogen and oxygen atoms in total. The maximum absolute atomic E-state index is 9.50. The van der Waals surface area contributed by atoms with Gasteiger partial charge >= 0.3 is 0 Å². The topological polar surface area (TPSA) is 91.2 Å². The van der Waals surface area contributed by atoms with Crippen LogP contribution in [-0.2, 0) is 0 Å². The first-order chi connectivity index (χ1) is 15.0. The molecule has 8 heteroatoms. The summed E-state index contributed by atoms with van der Waals surface area (Å²) in [4.78, 5) is 4.60. The molecule has 0 saturated heterocycles. The number of aryl methyl sites for hydroxylation is 2. The second-order valence-corrected chi connectivity index (χ2v) is 7.84. The molecular weight excluding hydrogens is 410 g/mol. The van der Waals surface area contributed by atoms with Crippen LogP contribution in [0.1, 0.15) is 23.1 Å². The van der Waals surface area contributed by atoms with Gasteiger partial charge in [0, 0.05) is 30.2 Å². The number of hydrogen-bond donors (Lipinski definition) is 3. The summed E-state index contributed by atoms with van der Waals surface area (Å²) in [7, 11) is 0. The summed E-state index contributed by atoms with van der Waals surface area (Å²) in [5, 5.41) is 20.6. The molecule has 0 atom stereocenters. The smallest absolute Gasteiger partial charge is 0.231 e. The maximum atomic E-state index is 9.50. The Morgan fingerprint density at radius 3 is 2.55 bits per heavy atom. The molecule has 158 valence electrons. The zero-order valence-electron chi connectivity index (χ0n) is 17.4. The van der Waals surface area contributed by atoms with Crippen molar-refractivity contribution in [3.8, 4) is 17.6 Å². The molecule has 0 bridgehead atoms. The van der Waals surface area contributed by atoms with Gasteiger partial charge in [-0.2, -0.15) is 5.26 Å². The van der Waals surface area contributed by atoms with Crippen LogP contribution in [0.4, 0.5) is 11.5 Å². The highest BCUT2D eigenvalue weighted by Crippen LogP contribution is 2.36. The quantitative estimate of drug-likeness (QED) is 0.393. The highest BCUT2D eigenvalue weighted by molar-refractivity contribution is 7.80. The lowest BCUT2D eigenvalue weighted by Crippen LogP contribution is -2.30. The van der Waals surface area contributed by atoms with Crippen molar-refractivity contribution in [3.63, 3.8) is 0 Å². The number of nitriles is 1. The van der Waals surface area contributed by atoms with Gasteiger partial charge in [0.15, 0.2) is 16.6 Å². The van der Waals surface area contributed by atoms with E-state index < -0.39 is 0 Å². The molecule has 4 rings (SSSR count). The van der Waals surface area contributed by atoms with Crippen LogP contribution in [0, 0.1) is 25.2 Å². The predicted octanol–water partition coefficient (Wildman–Crippen LogP) is 4.24. The minimum absolute atomic E-state index is 0.203. The molecule has 1 aliphatic heterocycles. The van der Waals surface area contributed by atoms with Gasteiger partial charge in [-0.05, 0) is 67.9 Å². The van der Waals surface area contributed by atoms with Crippen molar-refractivity contribution in [1.82, 2.24) is 10.3 Å². The van der Waals surface area contributed by atoms with Gasteiger partial charge in [-0.1, -0.05) is 6.07 Å². The van der Waals surface area contributed by atoms with Crippen LogP contribution in [0.2, 0.25) is 0 Å². The van der Waals surface area contributed by atoms with Crippen LogP contribution in [0.3, 0.4) is 0 Å². The number of nitrogens with one attached hydrogen (secondary N) is 3. The third-order valence-electron chi connectivity index (χ3n) is 4.84. The lowest BCUT2D eigenvalue weighted by atomic mass is 10.1. The summed E-state index contributed by atoms with van der Waals surface area (Å²) in [6.07, 6.45) is 0.806. The average molecular weight is 434 g/mol. The summed E-state index contributed by atoms with van der Waals surface area (Å²) >= 11 is 5.38. The zero-order chi connectivity index (χ0) is 21.8. The minimum Gasteiger partial charge on any atom is -0.454 e. The molecule has 0 aliphatic carbocycles. The highest BCUT2D eigenvalue weighted by Gasteiger charge is 2.16. The van der Waals surface area contributed by atoms with E-state index >= 15 is 0 Å². The van der Waals surface area contributed by atoms with E-state index in [-0.39, 0.29) is 6.79 Å². The Morgan fingerprint density at radius 2 is 1.81 bits per heavy atom. The van der Waals surface area contributed by atoms with Crippen molar-refractivity contribution in [2.45, 2.75) is 20.3 Å². The maximum Gasteiger partial charge on any atom is 0.231 e. The number of benzene rings is 2. The Bertz CT molecular complexity index is 1170. The minimum atomic E-state index is 0.203. The first kappa shape index (κ1) is 20.7. The van der Waals surface area contributed by atoms with Gasteiger partial charge < -0.3 is 25.4 Å². The van der Waals surface area contributed by atoms with Crippen molar-refractivity contribution in [2.75, 3.05) is 30.5 Å². The van der Waals surface area contributed by atoms with Crippen molar-refractivity contribution < 1.29 is 9.47 Å². The van der Waals surface area contributed by atoms with Crippen LogP contribution in [0.25, 0.3) is 10.9 Å². The van der Waals surface area contributed by atoms with Crippen molar-refractivity contribution in [3.05, 3.63) is 53.1 Å². The molecule has 0 spiro atoms. The lowest BCUT2D eigenvalue weighted by molar-refractivity contribution is 0.174. The average Bonchev–Trinajstić information content (AvgIpc) is 3.17. The summed E-state index contributed by atoms with van der Waals surface area (Å²) in [6, 6.07) is 13.9. The van der Waals surface area contributed by atoms with Gasteiger partial charge in [0.05, 0.1) is 11.1 Å². The largest absolute Gasteiger partial charge is 0.454 e. The van der Waals surface area contributed by atoms with Gasteiger partial charge in [-0.25, -0.2) is 4.98 Å². The third-order valence-corrected chi connectivity index (χ3v) is 5.09. The normalized spacial score (nSPS) is 11.8. The highest BCUT2D eigenvalue weighted by atomic mass is 32.1. The summed E-state index contributed by atoms with van der Waals surface area (Å²) < 4.78 is 10.8. The Balaban J connectivity index is 1.30. The number of thiocarbonyl (C=S) groups is 1. The molecule has 3 aromatic rings. The van der Waals surface area contributed by atoms with Gasteiger partial charge in [0.25, 0.3) is 0 Å². The number of anilines is 2. The van der Waals surface area contributed by atoms with Crippen LogP contribution < -0.4 is 25.4 Å². The summed E-state index contributed by atoms with van der Waals surface area (Å²) in [6.45, 7) is 5.67. The molecule has 2 aromatic carbocycles. The van der Waals surface area contributed by atoms with E-state index in [2.05, 4.69) is 59.1 Å². The van der Waals surface area contributed by atoms with E-state index in [0.29, 0.717) is 41.1 Å². The molecule has 31 heavy (non-hydrogen) atoms. The van der Waals surface area contributed by atoms with Gasteiger partial charge in [0.2, 0.25) is 6.79 Å². The fraction of sp³-hybridized carbons (Fsp3) is 0.261. The Hall–Kier alpha value is -3.57. The molecule has 0 fully saturated rings. The van der Waals surface area contributed by atoms with E-state index in [1.165, 1.54) is 11.1 Å². The van der Waals surface area contributed by atoms with Crippen LogP contribution in [0.5, 0.6) is 11.5 Å². The van der Waals surface area contributed by atoms with Crippen LogP contribution in [0.15, 0.2) is 36.4 Å². The number of pyridine rings is 1. The number of hydrogen-bond acceptors (Lipinski definition) is 6. The van der Waals surface area contributed by atoms with E-state index in [4.69, 9.17) is 21.7 Å². The van der Waals surface area contributed by atoms with E-state index in [1.807, 2.05) is 18.2 Å². The molecule has 1 aromatic heterocycles. The molecule has 0 unspecified atom stereocenters. The van der Waals surface area contributed by atoms with Crippen molar-refractivity contribution in [2.24, 2.45) is 0 Å². The fourth-order valence-corrected chi connectivity index (χ4v) is 3.72. The standard InChI is InChI=1S/C23H23N5O2S/c1-14-6-15(2)8-18(7-14)27-23(31)26-5-3-4-25-22-17(12-24)9-16-10-20-21(30-13-29-20)11-19(16)28-22/h6-11H,3-5,13H2,1-2H3,(H,25,28)(H2,26,27,31). The van der Waals surface area contributed by atoms with E-state index in [0.717, 1.165) is 23.0 Å². The Morgan fingerprint density at radius 1 is 1.06 bits per heavy atom. The summed E-state index contributed by atoms with van der Waals surface area (Å²) in [5.74, 6) is 1.91. The van der Waals surface area contributed by atoms with Crippen LogP contribution >= 0.6 is 12.2 Å². The molecule has 1 aliphatic rings. The van der Waals surface area contributed by atoms with Crippen molar-refractivity contribution >= 4 is 39.7 Å². The van der Waals surface area contributed by atoms with Gasteiger partial charge in [0.1, 0.15) is 11.9 Å². The zero-order valence-corrected chi connectivity index (χ0v) is 18.2. The molecule has 2 heterocycles. The second-order valence-electron chi connectivity index (χ2n) is 7.43. The SMILES string of the molecule is Cc1cc(C)cc(NC(=S)NCCCNc2nc3cc4c(cc3cc2C#N)OCO4)c1. The predicted molar refractivity (Wildman–Crippen MR) is 126 cm³/mol. The molecule has 3 N–H and O–H groups in total. The molecule has 0 radical (unpaired) electrons. The first-order valence-electron chi connectivity index (χ1n) is 10.0. The monoisotopic (exact) mass is 433 g/mol. The third kappa shape index (κ3) is 4.95. The molecule has 0 saturated carbocycles. The fourth-order valence-electron chi connectivity index (χ4n) is 3.50. The Kier molecular flexibility index (Phi) is 6.05. The Labute approximate surface area is 186 Å². The van der Waals surface area contributed by atoms with E-state index in [1.54, 1.807) is 0 Å². The number of rotatable bonds is 6. The van der Waals surface area contributed by atoms with Gasteiger partial charge in [-0.15, -0.1) is 0 Å². The van der Waals surface area contributed by atoms with Gasteiger partial charge in [-0.3, -0.25) is 0 Å². The summed E-state index contributed by atoms with van der Waals surface area (Å²) in [5.41, 5.74) is 4.60. The first-order valence-corrected chi connectivity index (χ1v) is 10.4. The number of aromatic nitrogens is 1.